The van der Waals surface area contributed by atoms with Gasteiger partial charge < -0.3 is 15.5 Å². The fourth-order valence-corrected chi connectivity index (χ4v) is 2.08. The smallest absolute Gasteiger partial charge is 0.131 e. The van der Waals surface area contributed by atoms with Gasteiger partial charge in [-0.25, -0.2) is 9.97 Å². The summed E-state index contributed by atoms with van der Waals surface area (Å²) in [5, 5.41) is 7.34. The van der Waals surface area contributed by atoms with Crippen LogP contribution in [0.1, 0.15) is 12.0 Å². The van der Waals surface area contributed by atoms with Crippen molar-refractivity contribution in [3.8, 4) is 0 Å². The van der Waals surface area contributed by atoms with Gasteiger partial charge >= 0.3 is 0 Å². The molecule has 0 saturated heterocycles. The van der Waals surface area contributed by atoms with Crippen molar-refractivity contribution in [2.45, 2.75) is 13.0 Å². The van der Waals surface area contributed by atoms with Crippen molar-refractivity contribution in [1.82, 2.24) is 14.9 Å². The normalized spacial score (nSPS) is 10.7. The Morgan fingerprint density at radius 1 is 1.05 bits per heavy atom. The van der Waals surface area contributed by atoms with E-state index in [-0.39, 0.29) is 0 Å². The van der Waals surface area contributed by atoms with Crippen molar-refractivity contribution >= 4 is 23.2 Å². The number of halogens is 1. The summed E-state index contributed by atoms with van der Waals surface area (Å²) in [4.78, 5) is 10.6. The summed E-state index contributed by atoms with van der Waals surface area (Å²) >= 11 is 5.88. The van der Waals surface area contributed by atoms with E-state index in [0.717, 1.165) is 41.7 Å². The van der Waals surface area contributed by atoms with E-state index in [4.69, 9.17) is 11.6 Å². The van der Waals surface area contributed by atoms with Crippen LogP contribution in [-0.2, 0) is 6.54 Å². The lowest BCUT2D eigenvalue weighted by molar-refractivity contribution is 0.405. The molecule has 0 saturated carbocycles. The summed E-state index contributed by atoms with van der Waals surface area (Å²) in [6.45, 7) is 2.65. The van der Waals surface area contributed by atoms with Gasteiger partial charge in [-0.15, -0.1) is 0 Å². The van der Waals surface area contributed by atoms with Crippen molar-refractivity contribution in [3.63, 3.8) is 0 Å². The van der Waals surface area contributed by atoms with E-state index in [2.05, 4.69) is 39.6 Å². The van der Waals surface area contributed by atoms with Crippen LogP contribution < -0.4 is 10.6 Å². The summed E-state index contributed by atoms with van der Waals surface area (Å²) in [7, 11) is 4.15. The third kappa shape index (κ3) is 5.87. The monoisotopic (exact) mass is 319 g/mol. The molecule has 2 N–H and O–H groups in total. The van der Waals surface area contributed by atoms with E-state index in [9.17, 15) is 0 Å². The van der Waals surface area contributed by atoms with Crippen molar-refractivity contribution < 1.29 is 0 Å². The van der Waals surface area contributed by atoms with Crippen LogP contribution in [0.25, 0.3) is 0 Å². The number of nitrogens with zero attached hydrogens (tertiary/aromatic N) is 3. The first-order chi connectivity index (χ1) is 10.6. The summed E-state index contributed by atoms with van der Waals surface area (Å²) in [5.41, 5.74) is 1.16. The second kappa shape index (κ2) is 8.56. The number of aromatic nitrogens is 2. The largest absolute Gasteiger partial charge is 0.370 e. The predicted molar refractivity (Wildman–Crippen MR) is 92.5 cm³/mol. The third-order valence-corrected chi connectivity index (χ3v) is 3.39. The second-order valence-corrected chi connectivity index (χ2v) is 5.79. The lowest BCUT2D eigenvalue weighted by Gasteiger charge is -2.11. The molecule has 0 aliphatic rings. The zero-order chi connectivity index (χ0) is 15.8. The maximum atomic E-state index is 5.88. The third-order valence-electron chi connectivity index (χ3n) is 3.14. The average Bonchev–Trinajstić information content (AvgIpc) is 2.51. The zero-order valence-corrected chi connectivity index (χ0v) is 13.8. The van der Waals surface area contributed by atoms with Crippen LogP contribution in [0.5, 0.6) is 0 Å². The van der Waals surface area contributed by atoms with E-state index in [1.54, 1.807) is 6.33 Å². The highest BCUT2D eigenvalue weighted by Gasteiger charge is 1.99. The van der Waals surface area contributed by atoms with E-state index >= 15 is 0 Å². The molecule has 0 aliphatic heterocycles. The van der Waals surface area contributed by atoms with Crippen molar-refractivity contribution in [2.24, 2.45) is 0 Å². The van der Waals surface area contributed by atoms with E-state index in [1.807, 2.05) is 30.3 Å². The molecule has 0 atom stereocenters. The van der Waals surface area contributed by atoms with Crippen LogP contribution in [0.15, 0.2) is 36.7 Å². The molecular formula is C16H22ClN5. The second-order valence-electron chi connectivity index (χ2n) is 5.35. The van der Waals surface area contributed by atoms with Gasteiger partial charge in [-0.2, -0.15) is 0 Å². The molecule has 1 aromatic heterocycles. The summed E-state index contributed by atoms with van der Waals surface area (Å²) < 4.78 is 0. The highest BCUT2D eigenvalue weighted by Crippen LogP contribution is 2.13. The Bertz CT molecular complexity index is 571. The van der Waals surface area contributed by atoms with Gasteiger partial charge in [-0.3, -0.25) is 0 Å². The molecule has 1 aromatic carbocycles. The van der Waals surface area contributed by atoms with Gasteiger partial charge in [0.2, 0.25) is 0 Å². The molecule has 5 nitrogen and oxygen atoms in total. The Morgan fingerprint density at radius 2 is 1.73 bits per heavy atom. The van der Waals surface area contributed by atoms with Gasteiger partial charge in [0, 0.05) is 24.2 Å². The van der Waals surface area contributed by atoms with Crippen molar-refractivity contribution in [2.75, 3.05) is 37.8 Å². The average molecular weight is 320 g/mol. The fourth-order valence-electron chi connectivity index (χ4n) is 1.96. The molecule has 118 valence electrons. The van der Waals surface area contributed by atoms with Crippen LogP contribution in [-0.4, -0.2) is 42.1 Å². The van der Waals surface area contributed by atoms with E-state index in [1.165, 1.54) is 0 Å². The van der Waals surface area contributed by atoms with Gasteiger partial charge in [-0.05, 0) is 44.8 Å². The number of hydrogen-bond donors (Lipinski definition) is 2. The minimum absolute atomic E-state index is 0.703. The van der Waals surface area contributed by atoms with Gasteiger partial charge in [-0.1, -0.05) is 23.7 Å². The first kappa shape index (κ1) is 16.5. The molecule has 0 amide bonds. The van der Waals surface area contributed by atoms with Crippen LogP contribution in [0, 0.1) is 0 Å². The number of rotatable bonds is 8. The molecule has 2 rings (SSSR count). The summed E-state index contributed by atoms with van der Waals surface area (Å²) in [6, 6.07) is 9.69. The molecule has 0 aliphatic carbocycles. The molecule has 0 fully saturated rings. The molecule has 0 unspecified atom stereocenters. The SMILES string of the molecule is CN(C)CCCNc1cc(NCc2ccc(Cl)cc2)ncn1. The lowest BCUT2D eigenvalue weighted by Crippen LogP contribution is -2.16. The van der Waals surface area contributed by atoms with Crippen LogP contribution in [0.4, 0.5) is 11.6 Å². The highest BCUT2D eigenvalue weighted by atomic mass is 35.5. The number of benzene rings is 1. The minimum Gasteiger partial charge on any atom is -0.370 e. The van der Waals surface area contributed by atoms with Crippen molar-refractivity contribution in [3.05, 3.63) is 47.2 Å². The summed E-state index contributed by atoms with van der Waals surface area (Å²) in [5.74, 6) is 1.65. The first-order valence-electron chi connectivity index (χ1n) is 7.32. The standard InChI is InChI=1S/C16H22ClN5/c1-22(2)9-3-8-18-15-10-16(21-12-20-15)19-11-13-4-6-14(17)7-5-13/h4-7,10,12H,3,8-9,11H2,1-2H3,(H2,18,19,20,21). The molecular weight excluding hydrogens is 298 g/mol. The fraction of sp³-hybridized carbons (Fsp3) is 0.375. The molecule has 0 radical (unpaired) electrons. The summed E-state index contributed by atoms with van der Waals surface area (Å²) in [6.07, 6.45) is 2.64. The Labute approximate surface area is 136 Å². The Hall–Kier alpha value is -1.85. The topological polar surface area (TPSA) is 53.1 Å². The first-order valence-corrected chi connectivity index (χ1v) is 7.70. The number of nitrogens with one attached hydrogen (secondary N) is 2. The zero-order valence-electron chi connectivity index (χ0n) is 13.0. The highest BCUT2D eigenvalue weighted by molar-refractivity contribution is 6.30. The van der Waals surface area contributed by atoms with E-state index in [0.29, 0.717) is 6.54 Å². The van der Waals surface area contributed by atoms with Crippen LogP contribution >= 0.6 is 11.6 Å². The molecule has 1 heterocycles. The van der Waals surface area contributed by atoms with Crippen molar-refractivity contribution in [1.29, 1.82) is 0 Å². The number of anilines is 2. The van der Waals surface area contributed by atoms with Gasteiger partial charge in [0.25, 0.3) is 0 Å². The van der Waals surface area contributed by atoms with Gasteiger partial charge in [0.15, 0.2) is 0 Å². The minimum atomic E-state index is 0.703. The Kier molecular flexibility index (Phi) is 6.43. The molecule has 0 spiro atoms. The lowest BCUT2D eigenvalue weighted by atomic mass is 10.2. The maximum Gasteiger partial charge on any atom is 0.131 e. The van der Waals surface area contributed by atoms with Gasteiger partial charge in [0.1, 0.15) is 18.0 Å². The quantitative estimate of drug-likeness (QED) is 0.732. The van der Waals surface area contributed by atoms with Gasteiger partial charge in [0.05, 0.1) is 0 Å². The van der Waals surface area contributed by atoms with Crippen LogP contribution in [0.2, 0.25) is 5.02 Å². The predicted octanol–water partition coefficient (Wildman–Crippen LogP) is 3.11. The van der Waals surface area contributed by atoms with Crippen LogP contribution in [0.3, 0.4) is 0 Å². The van der Waals surface area contributed by atoms with E-state index < -0.39 is 0 Å². The molecule has 0 bridgehead atoms. The maximum absolute atomic E-state index is 5.88. The number of hydrogen-bond acceptors (Lipinski definition) is 5. The Morgan fingerprint density at radius 3 is 2.41 bits per heavy atom. The molecule has 2 aromatic rings. The Balaban J connectivity index is 1.81. The molecule has 6 heteroatoms. The molecule has 22 heavy (non-hydrogen) atoms.